The molecule has 3 atom stereocenters. The Bertz CT molecular complexity index is 1040. The Kier molecular flexibility index (Phi) is 10.0. The molecule has 0 saturated heterocycles. The number of carbonyl (C=O) groups is 3. The summed E-state index contributed by atoms with van der Waals surface area (Å²) < 4.78 is 0. The Hall–Kier alpha value is -2.78. The zero-order chi connectivity index (χ0) is 26.2. The molecule has 0 radical (unpaired) electrons. The van der Waals surface area contributed by atoms with Crippen molar-refractivity contribution in [1.29, 1.82) is 0 Å². The van der Waals surface area contributed by atoms with E-state index in [1.165, 1.54) is 23.8 Å². The molecule has 2 N–H and O–H groups in total. The fourth-order valence-electron chi connectivity index (χ4n) is 5.01. The highest BCUT2D eigenvalue weighted by molar-refractivity contribution is 7.17. The second-order valence-corrected chi connectivity index (χ2v) is 10.9. The Morgan fingerprint density at radius 2 is 1.83 bits per heavy atom. The van der Waals surface area contributed by atoms with E-state index in [2.05, 4.69) is 51.8 Å². The predicted molar refractivity (Wildman–Crippen MR) is 145 cm³/mol. The van der Waals surface area contributed by atoms with Crippen LogP contribution in [0.25, 0.3) is 0 Å². The van der Waals surface area contributed by atoms with Crippen LogP contribution in [-0.4, -0.2) is 71.8 Å². The molecular formula is C27H39N5O3S. The Morgan fingerprint density at radius 3 is 2.47 bits per heavy atom. The molecule has 1 aromatic carbocycles. The van der Waals surface area contributed by atoms with Crippen molar-refractivity contribution in [1.82, 2.24) is 20.1 Å². The third-order valence-electron chi connectivity index (χ3n) is 7.05. The Morgan fingerprint density at radius 1 is 1.11 bits per heavy atom. The number of aryl methyl sites for hydroxylation is 2. The molecule has 3 rings (SSSR count). The zero-order valence-corrected chi connectivity index (χ0v) is 22.9. The maximum Gasteiger partial charge on any atom is 0.321 e. The summed E-state index contributed by atoms with van der Waals surface area (Å²) >= 11 is 1.20. The summed E-state index contributed by atoms with van der Waals surface area (Å²) in [6.07, 6.45) is 4.58. The minimum atomic E-state index is -0.307. The number of ketones is 1. The molecule has 2 aromatic rings. The van der Waals surface area contributed by atoms with Crippen molar-refractivity contribution in [2.45, 2.75) is 65.0 Å². The van der Waals surface area contributed by atoms with Crippen LogP contribution in [0, 0.1) is 12.8 Å². The third-order valence-corrected chi connectivity index (χ3v) is 8.22. The average Bonchev–Trinajstić information content (AvgIpc) is 3.20. The van der Waals surface area contributed by atoms with Crippen molar-refractivity contribution >= 4 is 34.2 Å². The number of Topliss-reactive ketones (excluding diaryl/α,β-unsaturated/α-hetero) is 1. The van der Waals surface area contributed by atoms with Gasteiger partial charge in [-0.1, -0.05) is 41.7 Å². The summed E-state index contributed by atoms with van der Waals surface area (Å²) in [5.74, 6) is 0.227. The quantitative estimate of drug-likeness (QED) is 0.461. The number of thiazole rings is 1. The molecule has 1 aliphatic carbocycles. The summed E-state index contributed by atoms with van der Waals surface area (Å²) in [5, 5.41) is 6.39. The molecule has 8 nitrogen and oxygen atoms in total. The van der Waals surface area contributed by atoms with E-state index in [-0.39, 0.29) is 35.7 Å². The lowest BCUT2D eigenvalue weighted by atomic mass is 9.80. The second-order valence-electron chi connectivity index (χ2n) is 9.90. The van der Waals surface area contributed by atoms with Crippen LogP contribution in [0.15, 0.2) is 30.3 Å². The van der Waals surface area contributed by atoms with Gasteiger partial charge in [-0.2, -0.15) is 0 Å². The maximum atomic E-state index is 12.8. The first-order valence-corrected chi connectivity index (χ1v) is 13.5. The lowest BCUT2D eigenvalue weighted by molar-refractivity contribution is -0.130. The van der Waals surface area contributed by atoms with Gasteiger partial charge in [-0.15, -0.1) is 0 Å². The molecule has 0 bridgehead atoms. The maximum absolute atomic E-state index is 12.8. The topological polar surface area (TPSA) is 94.6 Å². The molecular weight excluding hydrogens is 474 g/mol. The third kappa shape index (κ3) is 7.86. The minimum absolute atomic E-state index is 0.00785. The van der Waals surface area contributed by atoms with Gasteiger partial charge < -0.3 is 15.1 Å². The summed E-state index contributed by atoms with van der Waals surface area (Å²) in [7, 11) is 3.99. The van der Waals surface area contributed by atoms with E-state index in [0.717, 1.165) is 45.2 Å². The van der Waals surface area contributed by atoms with Crippen molar-refractivity contribution in [2.24, 2.45) is 5.92 Å². The number of nitrogens with one attached hydrogen (secondary N) is 2. The smallest absolute Gasteiger partial charge is 0.321 e. The molecule has 3 amide bonds. The van der Waals surface area contributed by atoms with Gasteiger partial charge in [0.25, 0.3) is 0 Å². The van der Waals surface area contributed by atoms with E-state index in [1.807, 2.05) is 18.0 Å². The van der Waals surface area contributed by atoms with E-state index in [9.17, 15) is 14.4 Å². The molecule has 196 valence electrons. The Labute approximate surface area is 218 Å². The largest absolute Gasteiger partial charge is 0.343 e. The van der Waals surface area contributed by atoms with Crippen LogP contribution < -0.4 is 10.6 Å². The summed E-state index contributed by atoms with van der Waals surface area (Å²) in [6, 6.07) is 10.4. The van der Waals surface area contributed by atoms with Gasteiger partial charge in [-0.3, -0.25) is 14.9 Å². The van der Waals surface area contributed by atoms with Gasteiger partial charge in [0.15, 0.2) is 10.9 Å². The number of carbonyl (C=O) groups excluding carboxylic acids is 3. The van der Waals surface area contributed by atoms with Gasteiger partial charge in [-0.25, -0.2) is 9.78 Å². The van der Waals surface area contributed by atoms with Crippen LogP contribution in [0.1, 0.15) is 60.5 Å². The highest BCUT2D eigenvalue weighted by atomic mass is 32.1. The first-order chi connectivity index (χ1) is 17.1. The summed E-state index contributed by atoms with van der Waals surface area (Å²) in [4.78, 5) is 45.6. The number of aromatic nitrogens is 1. The van der Waals surface area contributed by atoms with Gasteiger partial charge >= 0.3 is 6.03 Å². The second kappa shape index (κ2) is 13.0. The van der Waals surface area contributed by atoms with Gasteiger partial charge in [0.2, 0.25) is 5.91 Å². The molecule has 1 heterocycles. The molecule has 1 aliphatic rings. The van der Waals surface area contributed by atoms with Crippen LogP contribution in [0.4, 0.5) is 9.93 Å². The Balaban J connectivity index is 1.60. The standard InChI is InChI=1S/C27H39N5O3S/c1-18-25(19(2)33)36-27(28-18)30-26(35)29-24-14-13-23(32(5)20(3)34)16-22(24)17-31(4)15-9-12-21-10-7-6-8-11-21/h6-8,10-11,22-24H,9,12-17H2,1-5H3,(H2,28,29,30,35)/t22-,23-,24+/m0/s1. The average molecular weight is 514 g/mol. The summed E-state index contributed by atoms with van der Waals surface area (Å²) in [5.41, 5.74) is 1.97. The minimum Gasteiger partial charge on any atom is -0.343 e. The van der Waals surface area contributed by atoms with Crippen molar-refractivity contribution in [3.63, 3.8) is 0 Å². The number of hydrogen-bond acceptors (Lipinski definition) is 6. The zero-order valence-electron chi connectivity index (χ0n) is 22.0. The van der Waals surface area contributed by atoms with Crippen LogP contribution in [0.5, 0.6) is 0 Å². The van der Waals surface area contributed by atoms with Crippen LogP contribution in [0.2, 0.25) is 0 Å². The van der Waals surface area contributed by atoms with E-state index in [0.29, 0.717) is 15.7 Å². The number of anilines is 1. The number of rotatable bonds is 10. The fraction of sp³-hybridized carbons (Fsp3) is 0.556. The van der Waals surface area contributed by atoms with Crippen molar-refractivity contribution in [3.05, 3.63) is 46.5 Å². The molecule has 36 heavy (non-hydrogen) atoms. The van der Waals surface area contributed by atoms with Gasteiger partial charge in [-0.05, 0) is 64.1 Å². The van der Waals surface area contributed by atoms with E-state index >= 15 is 0 Å². The van der Waals surface area contributed by atoms with Crippen molar-refractivity contribution < 1.29 is 14.4 Å². The van der Waals surface area contributed by atoms with E-state index < -0.39 is 0 Å². The number of urea groups is 1. The lowest BCUT2D eigenvalue weighted by Gasteiger charge is -2.41. The lowest BCUT2D eigenvalue weighted by Crippen LogP contribution is -2.52. The first kappa shape index (κ1) is 27.8. The fourth-order valence-corrected chi connectivity index (χ4v) is 5.86. The predicted octanol–water partition coefficient (Wildman–Crippen LogP) is 4.36. The molecule has 1 aromatic heterocycles. The molecule has 1 fully saturated rings. The highest BCUT2D eigenvalue weighted by Gasteiger charge is 2.34. The highest BCUT2D eigenvalue weighted by Crippen LogP contribution is 2.29. The van der Waals surface area contributed by atoms with Crippen LogP contribution >= 0.6 is 11.3 Å². The monoisotopic (exact) mass is 513 g/mol. The van der Waals surface area contributed by atoms with Gasteiger partial charge in [0.05, 0.1) is 10.6 Å². The molecule has 1 saturated carbocycles. The number of hydrogen-bond donors (Lipinski definition) is 2. The van der Waals surface area contributed by atoms with Crippen LogP contribution in [0.3, 0.4) is 0 Å². The molecule has 0 aliphatic heterocycles. The molecule has 0 unspecified atom stereocenters. The van der Waals surface area contributed by atoms with Crippen LogP contribution in [-0.2, 0) is 11.2 Å². The van der Waals surface area contributed by atoms with E-state index in [1.54, 1.807) is 13.8 Å². The number of nitrogens with zero attached hydrogens (tertiary/aromatic N) is 3. The first-order valence-electron chi connectivity index (χ1n) is 12.7. The van der Waals surface area contributed by atoms with E-state index in [4.69, 9.17) is 0 Å². The molecule has 0 spiro atoms. The SMILES string of the molecule is CC(=O)c1sc(NC(=O)N[C@@H]2CC[C@H](N(C)C(C)=O)C[C@H]2CN(C)CCCc2ccccc2)nc1C. The van der Waals surface area contributed by atoms with Gasteiger partial charge in [0.1, 0.15) is 0 Å². The van der Waals surface area contributed by atoms with Crippen molar-refractivity contribution in [2.75, 3.05) is 32.5 Å². The number of benzene rings is 1. The van der Waals surface area contributed by atoms with Crippen molar-refractivity contribution in [3.8, 4) is 0 Å². The number of amides is 3. The summed E-state index contributed by atoms with van der Waals surface area (Å²) in [6.45, 7) is 6.68. The normalized spacial score (nSPS) is 19.7. The van der Waals surface area contributed by atoms with Gasteiger partial charge in [0, 0.05) is 39.5 Å². The molecule has 9 heteroatoms.